The lowest BCUT2D eigenvalue weighted by Gasteiger charge is -2.02. The molecule has 0 fully saturated rings. The second-order valence-electron chi connectivity index (χ2n) is 3.68. The van der Waals surface area contributed by atoms with E-state index in [2.05, 4.69) is 4.98 Å². The Morgan fingerprint density at radius 1 is 1.56 bits per heavy atom. The van der Waals surface area contributed by atoms with Crippen LogP contribution in [0.5, 0.6) is 0 Å². The quantitative estimate of drug-likeness (QED) is 0.739. The number of rotatable bonds is 4. The van der Waals surface area contributed by atoms with Gasteiger partial charge in [-0.15, -0.1) is 0 Å². The van der Waals surface area contributed by atoms with Crippen LogP contribution in [-0.4, -0.2) is 15.3 Å². The summed E-state index contributed by atoms with van der Waals surface area (Å²) in [5.41, 5.74) is 0.614. The Morgan fingerprint density at radius 3 is 3.00 bits per heavy atom. The predicted molar refractivity (Wildman–Crippen MR) is 59.4 cm³/mol. The van der Waals surface area contributed by atoms with Crippen molar-refractivity contribution in [1.29, 1.82) is 0 Å². The summed E-state index contributed by atoms with van der Waals surface area (Å²) in [6.45, 7) is 4.68. The average Bonchev–Trinajstić information content (AvgIpc) is 2.86. The number of carbonyl (C=O) groups excluding carboxylic acids is 1. The van der Waals surface area contributed by atoms with Crippen molar-refractivity contribution in [2.75, 3.05) is 0 Å². The van der Waals surface area contributed by atoms with Crippen molar-refractivity contribution in [2.24, 2.45) is 0 Å². The molecule has 0 saturated heterocycles. The molecule has 2 aromatic heterocycles. The predicted octanol–water partition coefficient (Wildman–Crippen LogP) is 2.23. The first-order valence-electron chi connectivity index (χ1n) is 5.29. The molecule has 0 aliphatic rings. The van der Waals surface area contributed by atoms with E-state index in [4.69, 9.17) is 4.42 Å². The Kier molecular flexibility index (Phi) is 2.90. The fraction of sp³-hybridized carbons (Fsp3) is 0.333. The van der Waals surface area contributed by atoms with Gasteiger partial charge in [0.1, 0.15) is 17.8 Å². The van der Waals surface area contributed by atoms with Crippen LogP contribution in [0.25, 0.3) is 0 Å². The van der Waals surface area contributed by atoms with Crippen LogP contribution in [0, 0.1) is 6.92 Å². The minimum absolute atomic E-state index is 0.0396. The smallest absolute Gasteiger partial charge is 0.173 e. The minimum atomic E-state index is 0.0396. The van der Waals surface area contributed by atoms with E-state index in [-0.39, 0.29) is 5.78 Å². The number of furan rings is 1. The fourth-order valence-electron chi connectivity index (χ4n) is 1.63. The summed E-state index contributed by atoms with van der Waals surface area (Å²) >= 11 is 0. The van der Waals surface area contributed by atoms with Crippen LogP contribution < -0.4 is 0 Å². The summed E-state index contributed by atoms with van der Waals surface area (Å²) in [4.78, 5) is 16.1. The molecule has 0 aromatic carbocycles. The van der Waals surface area contributed by atoms with Gasteiger partial charge in [0.05, 0.1) is 12.0 Å². The third-order valence-corrected chi connectivity index (χ3v) is 2.51. The molecular weight excluding hydrogens is 204 g/mol. The van der Waals surface area contributed by atoms with Crippen LogP contribution in [-0.2, 0) is 13.0 Å². The molecule has 0 N–H and O–H groups in total. The van der Waals surface area contributed by atoms with Crippen molar-refractivity contribution in [3.8, 4) is 0 Å². The SMILES string of the molecule is CCn1ccnc1CC(=O)c1coc(C)c1. The lowest BCUT2D eigenvalue weighted by atomic mass is 10.1. The van der Waals surface area contributed by atoms with Crippen LogP contribution >= 0.6 is 0 Å². The van der Waals surface area contributed by atoms with E-state index >= 15 is 0 Å². The summed E-state index contributed by atoms with van der Waals surface area (Å²) in [5.74, 6) is 1.59. The van der Waals surface area contributed by atoms with Crippen molar-refractivity contribution < 1.29 is 9.21 Å². The van der Waals surface area contributed by atoms with Gasteiger partial charge in [-0.1, -0.05) is 0 Å². The molecule has 0 aliphatic heterocycles. The summed E-state index contributed by atoms with van der Waals surface area (Å²) < 4.78 is 7.08. The van der Waals surface area contributed by atoms with Crippen LogP contribution in [0.15, 0.2) is 29.1 Å². The molecule has 4 heteroatoms. The van der Waals surface area contributed by atoms with Gasteiger partial charge in [-0.05, 0) is 19.9 Å². The van der Waals surface area contributed by atoms with Crippen LogP contribution in [0.3, 0.4) is 0 Å². The number of aromatic nitrogens is 2. The monoisotopic (exact) mass is 218 g/mol. The molecule has 2 heterocycles. The maximum atomic E-state index is 11.9. The molecular formula is C12H14N2O2. The second-order valence-corrected chi connectivity index (χ2v) is 3.68. The van der Waals surface area contributed by atoms with E-state index in [1.165, 1.54) is 6.26 Å². The molecule has 0 unspecified atom stereocenters. The zero-order chi connectivity index (χ0) is 11.5. The van der Waals surface area contributed by atoms with Gasteiger partial charge in [0, 0.05) is 18.9 Å². The lowest BCUT2D eigenvalue weighted by molar-refractivity contribution is 0.0989. The van der Waals surface area contributed by atoms with Crippen molar-refractivity contribution >= 4 is 5.78 Å². The first-order valence-corrected chi connectivity index (χ1v) is 5.29. The average molecular weight is 218 g/mol. The van der Waals surface area contributed by atoms with E-state index in [9.17, 15) is 4.79 Å². The fourth-order valence-corrected chi connectivity index (χ4v) is 1.63. The topological polar surface area (TPSA) is 48.0 Å². The maximum absolute atomic E-state index is 11.9. The van der Waals surface area contributed by atoms with Gasteiger partial charge in [-0.2, -0.15) is 0 Å². The number of ketones is 1. The largest absolute Gasteiger partial charge is 0.469 e. The molecule has 2 rings (SSSR count). The van der Waals surface area contributed by atoms with Gasteiger partial charge < -0.3 is 8.98 Å². The van der Waals surface area contributed by atoms with Crippen molar-refractivity contribution in [3.05, 3.63) is 41.9 Å². The third-order valence-electron chi connectivity index (χ3n) is 2.51. The summed E-state index contributed by atoms with van der Waals surface area (Å²) in [6, 6.07) is 1.75. The highest BCUT2D eigenvalue weighted by atomic mass is 16.3. The molecule has 84 valence electrons. The van der Waals surface area contributed by atoms with E-state index in [0.29, 0.717) is 12.0 Å². The van der Waals surface area contributed by atoms with E-state index in [1.54, 1.807) is 12.3 Å². The number of imidazole rings is 1. The molecule has 16 heavy (non-hydrogen) atoms. The van der Waals surface area contributed by atoms with Crippen LogP contribution in [0.1, 0.15) is 28.9 Å². The number of nitrogens with zero attached hydrogens (tertiary/aromatic N) is 2. The van der Waals surface area contributed by atoms with Crippen molar-refractivity contribution in [2.45, 2.75) is 26.8 Å². The minimum Gasteiger partial charge on any atom is -0.469 e. The molecule has 0 saturated carbocycles. The molecule has 0 amide bonds. The highest BCUT2D eigenvalue weighted by Gasteiger charge is 2.12. The third kappa shape index (κ3) is 2.05. The lowest BCUT2D eigenvalue weighted by Crippen LogP contribution is -2.08. The second kappa shape index (κ2) is 4.35. The number of hydrogen-bond acceptors (Lipinski definition) is 3. The van der Waals surface area contributed by atoms with E-state index < -0.39 is 0 Å². The molecule has 0 bridgehead atoms. The first-order chi connectivity index (χ1) is 7.70. The zero-order valence-corrected chi connectivity index (χ0v) is 9.43. The molecule has 0 atom stereocenters. The highest BCUT2D eigenvalue weighted by Crippen LogP contribution is 2.10. The zero-order valence-electron chi connectivity index (χ0n) is 9.43. The molecule has 0 spiro atoms. The normalized spacial score (nSPS) is 10.6. The summed E-state index contributed by atoms with van der Waals surface area (Å²) in [6.07, 6.45) is 5.41. The van der Waals surface area contributed by atoms with Gasteiger partial charge in [0.2, 0.25) is 0 Å². The van der Waals surface area contributed by atoms with Gasteiger partial charge >= 0.3 is 0 Å². The van der Waals surface area contributed by atoms with Gasteiger partial charge in [-0.25, -0.2) is 4.98 Å². The summed E-state index contributed by atoms with van der Waals surface area (Å²) in [7, 11) is 0. The number of carbonyl (C=O) groups is 1. The number of aryl methyl sites for hydroxylation is 2. The van der Waals surface area contributed by atoms with Gasteiger partial charge in [0.15, 0.2) is 5.78 Å². The Balaban J connectivity index is 2.13. The van der Waals surface area contributed by atoms with Crippen molar-refractivity contribution in [1.82, 2.24) is 9.55 Å². The molecule has 0 aliphatic carbocycles. The van der Waals surface area contributed by atoms with Crippen LogP contribution in [0.4, 0.5) is 0 Å². The first kappa shape index (κ1) is 10.7. The number of Topliss-reactive ketones (excluding diaryl/α,β-unsaturated/α-hetero) is 1. The number of hydrogen-bond donors (Lipinski definition) is 0. The van der Waals surface area contributed by atoms with Gasteiger partial charge in [-0.3, -0.25) is 4.79 Å². The van der Waals surface area contributed by atoms with Crippen LogP contribution in [0.2, 0.25) is 0 Å². The molecule has 4 nitrogen and oxygen atoms in total. The Hall–Kier alpha value is -1.84. The highest BCUT2D eigenvalue weighted by molar-refractivity contribution is 5.96. The van der Waals surface area contributed by atoms with E-state index in [0.717, 1.165) is 18.1 Å². The Morgan fingerprint density at radius 2 is 2.38 bits per heavy atom. The standard InChI is InChI=1S/C12H14N2O2/c1-3-14-5-4-13-12(14)7-11(15)10-6-9(2)16-8-10/h4-6,8H,3,7H2,1-2H3. The maximum Gasteiger partial charge on any atom is 0.173 e. The van der Waals surface area contributed by atoms with E-state index in [1.807, 2.05) is 24.6 Å². The summed E-state index contributed by atoms with van der Waals surface area (Å²) in [5, 5.41) is 0. The molecule has 2 aromatic rings. The van der Waals surface area contributed by atoms with Gasteiger partial charge in [0.25, 0.3) is 0 Å². The van der Waals surface area contributed by atoms with Crippen molar-refractivity contribution in [3.63, 3.8) is 0 Å². The molecule has 0 radical (unpaired) electrons. The Bertz CT molecular complexity index is 497. The Labute approximate surface area is 93.9 Å².